The van der Waals surface area contributed by atoms with Crippen LogP contribution in [0.5, 0.6) is 0 Å². The third kappa shape index (κ3) is 3.12. The molecule has 3 rings (SSSR count). The van der Waals surface area contributed by atoms with Gasteiger partial charge >= 0.3 is 0 Å². The highest BCUT2D eigenvalue weighted by Crippen LogP contribution is 2.46. The van der Waals surface area contributed by atoms with Gasteiger partial charge in [0.1, 0.15) is 17.3 Å². The van der Waals surface area contributed by atoms with E-state index in [1.807, 2.05) is 6.07 Å². The van der Waals surface area contributed by atoms with Crippen molar-refractivity contribution in [2.24, 2.45) is 10.8 Å². The van der Waals surface area contributed by atoms with Gasteiger partial charge in [0, 0.05) is 12.1 Å². The molecule has 0 radical (unpaired) electrons. The normalized spacial score (nSPS) is 21.6. The SMILES string of the molecule is CC1(C)CC(Nc2cc(Cl)nc3ncnn23)CC(C)(C)C1. The monoisotopic (exact) mass is 307 g/mol. The Balaban J connectivity index is 1.89. The van der Waals surface area contributed by atoms with Crippen molar-refractivity contribution in [1.82, 2.24) is 19.6 Å². The Labute approximate surface area is 130 Å². The van der Waals surface area contributed by atoms with E-state index >= 15 is 0 Å². The lowest BCUT2D eigenvalue weighted by Crippen LogP contribution is -2.40. The molecular weight excluding hydrogens is 286 g/mol. The van der Waals surface area contributed by atoms with Crippen molar-refractivity contribution < 1.29 is 0 Å². The van der Waals surface area contributed by atoms with Crippen LogP contribution in [0, 0.1) is 10.8 Å². The van der Waals surface area contributed by atoms with Gasteiger partial charge in [0.2, 0.25) is 0 Å². The molecule has 2 heterocycles. The lowest BCUT2D eigenvalue weighted by atomic mass is 9.63. The number of nitrogens with one attached hydrogen (secondary N) is 1. The Hall–Kier alpha value is -1.36. The molecule has 0 amide bonds. The molecule has 0 saturated heterocycles. The van der Waals surface area contributed by atoms with E-state index in [0.29, 0.717) is 27.8 Å². The summed E-state index contributed by atoms with van der Waals surface area (Å²) in [5.41, 5.74) is 0.662. The second-order valence-corrected chi connectivity index (χ2v) is 8.08. The van der Waals surface area contributed by atoms with Crippen molar-refractivity contribution in [1.29, 1.82) is 0 Å². The molecule has 0 unspecified atom stereocenters. The summed E-state index contributed by atoms with van der Waals surface area (Å²) in [6.45, 7) is 9.36. The molecule has 0 spiro atoms. The summed E-state index contributed by atoms with van der Waals surface area (Å²) in [7, 11) is 0. The number of nitrogens with zero attached hydrogens (tertiary/aromatic N) is 4. The van der Waals surface area contributed by atoms with Gasteiger partial charge in [-0.2, -0.15) is 19.6 Å². The van der Waals surface area contributed by atoms with Crippen molar-refractivity contribution in [3.05, 3.63) is 17.5 Å². The Bertz CT molecular complexity index is 645. The number of hydrogen-bond donors (Lipinski definition) is 1. The van der Waals surface area contributed by atoms with Gasteiger partial charge in [0.05, 0.1) is 0 Å². The van der Waals surface area contributed by atoms with E-state index in [2.05, 4.69) is 48.1 Å². The van der Waals surface area contributed by atoms with E-state index in [1.54, 1.807) is 4.52 Å². The average molecular weight is 308 g/mol. The van der Waals surface area contributed by atoms with Gasteiger partial charge in [-0.05, 0) is 30.1 Å². The lowest BCUT2D eigenvalue weighted by molar-refractivity contribution is 0.105. The Morgan fingerprint density at radius 3 is 2.57 bits per heavy atom. The number of halogens is 1. The first-order valence-electron chi connectivity index (χ1n) is 7.37. The quantitative estimate of drug-likeness (QED) is 0.858. The minimum absolute atomic E-state index is 0.331. The van der Waals surface area contributed by atoms with Crippen molar-refractivity contribution in [2.75, 3.05) is 5.32 Å². The van der Waals surface area contributed by atoms with Gasteiger partial charge in [-0.1, -0.05) is 39.3 Å². The highest BCUT2D eigenvalue weighted by Gasteiger charge is 2.38. The van der Waals surface area contributed by atoms with Crippen LogP contribution in [0.25, 0.3) is 5.78 Å². The molecular formula is C15H22ClN5. The molecule has 2 aromatic rings. The standard InChI is InChI=1S/C15H22ClN5/c1-14(2)6-10(7-15(3,4)8-14)19-12-5-11(16)20-13-17-9-18-21(12)13/h5,9-10,19H,6-8H2,1-4H3. The zero-order valence-electron chi connectivity index (χ0n) is 13.0. The van der Waals surface area contributed by atoms with E-state index in [4.69, 9.17) is 11.6 Å². The molecule has 0 aromatic carbocycles. The van der Waals surface area contributed by atoms with Crippen LogP contribution in [0.2, 0.25) is 5.15 Å². The first-order chi connectivity index (χ1) is 9.74. The van der Waals surface area contributed by atoms with E-state index in [9.17, 15) is 0 Å². The zero-order valence-corrected chi connectivity index (χ0v) is 13.8. The summed E-state index contributed by atoms with van der Waals surface area (Å²) in [5, 5.41) is 8.26. The van der Waals surface area contributed by atoms with E-state index in [1.165, 1.54) is 12.7 Å². The second kappa shape index (κ2) is 4.83. The van der Waals surface area contributed by atoms with Crippen LogP contribution in [0.15, 0.2) is 12.4 Å². The molecule has 2 aromatic heterocycles. The smallest absolute Gasteiger partial charge is 0.255 e. The Morgan fingerprint density at radius 1 is 1.24 bits per heavy atom. The molecule has 1 fully saturated rings. The minimum Gasteiger partial charge on any atom is -0.367 e. The van der Waals surface area contributed by atoms with Gasteiger partial charge in [-0.3, -0.25) is 0 Å². The third-order valence-corrected chi connectivity index (χ3v) is 4.32. The van der Waals surface area contributed by atoms with Crippen LogP contribution in [0.1, 0.15) is 47.0 Å². The predicted molar refractivity (Wildman–Crippen MR) is 84.6 cm³/mol. The van der Waals surface area contributed by atoms with Crippen LogP contribution in [0.3, 0.4) is 0 Å². The van der Waals surface area contributed by atoms with Crippen molar-refractivity contribution in [2.45, 2.75) is 53.0 Å². The highest BCUT2D eigenvalue weighted by molar-refractivity contribution is 6.29. The first-order valence-corrected chi connectivity index (χ1v) is 7.75. The van der Waals surface area contributed by atoms with Gasteiger partial charge < -0.3 is 5.32 Å². The van der Waals surface area contributed by atoms with E-state index < -0.39 is 0 Å². The maximum absolute atomic E-state index is 6.08. The maximum Gasteiger partial charge on any atom is 0.255 e. The van der Waals surface area contributed by atoms with Crippen molar-refractivity contribution in [3.8, 4) is 0 Å². The van der Waals surface area contributed by atoms with Crippen LogP contribution < -0.4 is 5.32 Å². The van der Waals surface area contributed by atoms with Crippen molar-refractivity contribution >= 4 is 23.2 Å². The zero-order chi connectivity index (χ0) is 15.3. The fraction of sp³-hybridized carbons (Fsp3) is 0.667. The van der Waals surface area contributed by atoms with Crippen LogP contribution in [0.4, 0.5) is 5.82 Å². The maximum atomic E-state index is 6.08. The molecule has 21 heavy (non-hydrogen) atoms. The average Bonchev–Trinajstić information content (AvgIpc) is 2.71. The second-order valence-electron chi connectivity index (χ2n) is 7.69. The molecule has 0 bridgehead atoms. The largest absolute Gasteiger partial charge is 0.367 e. The van der Waals surface area contributed by atoms with Gasteiger partial charge in [0.25, 0.3) is 5.78 Å². The Morgan fingerprint density at radius 2 is 1.90 bits per heavy atom. The number of hydrogen-bond acceptors (Lipinski definition) is 4. The van der Waals surface area contributed by atoms with Crippen LogP contribution in [-0.4, -0.2) is 25.6 Å². The minimum atomic E-state index is 0.331. The summed E-state index contributed by atoms with van der Waals surface area (Å²) in [6.07, 6.45) is 5.01. The molecule has 1 N–H and O–H groups in total. The fourth-order valence-corrected chi connectivity index (χ4v) is 4.22. The summed E-state index contributed by atoms with van der Waals surface area (Å²) in [4.78, 5) is 8.27. The van der Waals surface area contributed by atoms with Crippen molar-refractivity contribution in [3.63, 3.8) is 0 Å². The third-order valence-electron chi connectivity index (χ3n) is 4.13. The van der Waals surface area contributed by atoms with Crippen LogP contribution >= 0.6 is 11.6 Å². The summed E-state index contributed by atoms with van der Waals surface area (Å²) < 4.78 is 1.71. The molecule has 0 atom stereocenters. The number of fused-ring (bicyclic) bond motifs is 1. The molecule has 1 saturated carbocycles. The molecule has 0 aliphatic heterocycles. The van der Waals surface area contributed by atoms with Crippen LogP contribution in [-0.2, 0) is 0 Å². The van der Waals surface area contributed by atoms with E-state index in [-0.39, 0.29) is 0 Å². The molecule has 1 aliphatic carbocycles. The summed E-state index contributed by atoms with van der Waals surface area (Å²) >= 11 is 6.08. The molecule has 114 valence electrons. The fourth-order valence-electron chi connectivity index (χ4n) is 4.04. The number of rotatable bonds is 2. The highest BCUT2D eigenvalue weighted by atomic mass is 35.5. The first kappa shape index (κ1) is 14.6. The molecule has 1 aliphatic rings. The number of aromatic nitrogens is 4. The van der Waals surface area contributed by atoms with Gasteiger partial charge in [0.15, 0.2) is 0 Å². The van der Waals surface area contributed by atoms with Gasteiger partial charge in [-0.25, -0.2) is 0 Å². The summed E-state index contributed by atoms with van der Waals surface area (Å²) in [5.74, 6) is 1.39. The molecule has 6 heteroatoms. The number of anilines is 1. The topological polar surface area (TPSA) is 55.1 Å². The Kier molecular flexibility index (Phi) is 3.35. The predicted octanol–water partition coefficient (Wildman–Crippen LogP) is 3.79. The molecule has 5 nitrogen and oxygen atoms in total. The summed E-state index contributed by atoms with van der Waals surface area (Å²) in [6, 6.07) is 2.22. The lowest BCUT2D eigenvalue weighted by Gasteiger charge is -2.45. The van der Waals surface area contributed by atoms with E-state index in [0.717, 1.165) is 18.7 Å². The van der Waals surface area contributed by atoms with Gasteiger partial charge in [-0.15, -0.1) is 0 Å².